The molecule has 1 aliphatic rings. The smallest absolute Gasteiger partial charge is 0.276 e. The number of halogens is 1. The number of anilines is 2. The molecule has 0 bridgehead atoms. The minimum absolute atomic E-state index is 0.0369. The van der Waals surface area contributed by atoms with Gasteiger partial charge >= 0.3 is 0 Å². The van der Waals surface area contributed by atoms with Crippen LogP contribution in [0.3, 0.4) is 0 Å². The average molecular weight is 399 g/mol. The lowest BCUT2D eigenvalue weighted by Crippen LogP contribution is -2.21. The average Bonchev–Trinajstić information content (AvgIpc) is 3.35. The van der Waals surface area contributed by atoms with Gasteiger partial charge in [0, 0.05) is 29.7 Å². The molecule has 3 heterocycles. The van der Waals surface area contributed by atoms with Crippen LogP contribution in [0.2, 0.25) is 0 Å². The molecule has 0 aliphatic carbocycles. The van der Waals surface area contributed by atoms with Gasteiger partial charge in [0.15, 0.2) is 11.5 Å². The van der Waals surface area contributed by atoms with Gasteiger partial charge in [-0.1, -0.05) is 30.3 Å². The Morgan fingerprint density at radius 2 is 2.18 bits per heavy atom. The highest BCUT2D eigenvalue weighted by atomic mass is 32.1. The molecule has 2 aromatic heterocycles. The first-order valence-electron chi connectivity index (χ1n) is 8.76. The third-order valence-corrected chi connectivity index (χ3v) is 5.03. The van der Waals surface area contributed by atoms with Gasteiger partial charge in [0.05, 0.1) is 11.9 Å². The van der Waals surface area contributed by atoms with E-state index in [1.165, 1.54) is 6.20 Å². The van der Waals surface area contributed by atoms with Gasteiger partial charge in [-0.25, -0.2) is 9.37 Å². The number of nitrogens with two attached hydrogens (primary N) is 1. The molecule has 4 rings (SSSR count). The molecule has 1 atom stereocenters. The lowest BCUT2D eigenvalue weighted by molar-refractivity contribution is 0.102. The molecule has 1 aromatic carbocycles. The molecule has 4 N–H and O–H groups in total. The fraction of sp³-hybridized carbons (Fsp3) is 0.211. The zero-order valence-corrected chi connectivity index (χ0v) is 15.6. The summed E-state index contributed by atoms with van der Waals surface area (Å²) in [5.41, 5.74) is 6.82. The summed E-state index contributed by atoms with van der Waals surface area (Å²) in [6.45, 7) is 1.64. The minimum atomic E-state index is -0.588. The topological polar surface area (TPSA) is 102 Å². The summed E-state index contributed by atoms with van der Waals surface area (Å²) in [6, 6.07) is 9.90. The predicted molar refractivity (Wildman–Crippen MR) is 106 cm³/mol. The van der Waals surface area contributed by atoms with E-state index in [0.717, 1.165) is 37.1 Å². The number of carbonyl (C=O) groups excluding carboxylic acids is 1. The molecule has 9 heteroatoms. The maximum Gasteiger partial charge on any atom is 0.276 e. The first-order valence-corrected chi connectivity index (χ1v) is 9.54. The molecule has 1 saturated heterocycles. The number of aromatic nitrogens is 2. The van der Waals surface area contributed by atoms with Gasteiger partial charge in [-0.3, -0.25) is 4.79 Å². The van der Waals surface area contributed by atoms with Crippen LogP contribution < -0.4 is 21.1 Å². The van der Waals surface area contributed by atoms with Crippen LogP contribution in [0, 0.1) is 5.82 Å². The second-order valence-corrected chi connectivity index (χ2v) is 7.10. The summed E-state index contributed by atoms with van der Waals surface area (Å²) < 4.78 is 24.3. The van der Waals surface area contributed by atoms with Crippen molar-refractivity contribution in [3.8, 4) is 16.3 Å². The zero-order valence-electron chi connectivity index (χ0n) is 14.8. The van der Waals surface area contributed by atoms with Gasteiger partial charge in [0.1, 0.15) is 17.5 Å². The van der Waals surface area contributed by atoms with Crippen LogP contribution in [-0.2, 0) is 0 Å². The first kappa shape index (κ1) is 18.3. The normalized spacial score (nSPS) is 16.1. The number of amides is 1. The highest BCUT2D eigenvalue weighted by Crippen LogP contribution is 2.31. The summed E-state index contributed by atoms with van der Waals surface area (Å²) in [5.74, 6) is -1.14. The molecule has 1 amide bonds. The largest absolute Gasteiger partial charge is 0.477 e. The number of nitrogen functional groups attached to an aromatic ring is 1. The van der Waals surface area contributed by atoms with Crippen LogP contribution in [0.5, 0.6) is 5.06 Å². The van der Waals surface area contributed by atoms with Crippen LogP contribution >= 0.6 is 11.5 Å². The number of nitrogens with zero attached hydrogens (tertiary/aromatic N) is 2. The van der Waals surface area contributed by atoms with Gasteiger partial charge in [0.2, 0.25) is 5.06 Å². The number of benzene rings is 1. The van der Waals surface area contributed by atoms with Crippen molar-refractivity contribution >= 4 is 28.8 Å². The van der Waals surface area contributed by atoms with E-state index in [2.05, 4.69) is 20.0 Å². The van der Waals surface area contributed by atoms with Crippen LogP contribution in [0.15, 0.2) is 42.6 Å². The Labute approximate surface area is 164 Å². The Bertz CT molecular complexity index is 989. The van der Waals surface area contributed by atoms with E-state index in [1.54, 1.807) is 24.3 Å². The van der Waals surface area contributed by atoms with Crippen molar-refractivity contribution in [3.63, 3.8) is 0 Å². The molecule has 7 nitrogen and oxygen atoms in total. The molecule has 0 radical (unpaired) electrons. The molecule has 1 unspecified atom stereocenters. The van der Waals surface area contributed by atoms with Gasteiger partial charge in [0.25, 0.3) is 5.91 Å². The number of hydrogen-bond donors (Lipinski definition) is 3. The summed E-state index contributed by atoms with van der Waals surface area (Å²) in [6.07, 6.45) is 2.44. The van der Waals surface area contributed by atoms with E-state index in [0.29, 0.717) is 16.3 Å². The second kappa shape index (κ2) is 7.91. The number of ether oxygens (including phenoxy) is 1. The fourth-order valence-electron chi connectivity index (χ4n) is 2.94. The Morgan fingerprint density at radius 1 is 1.36 bits per heavy atom. The summed E-state index contributed by atoms with van der Waals surface area (Å²) in [7, 11) is 0. The molecule has 28 heavy (non-hydrogen) atoms. The van der Waals surface area contributed by atoms with E-state index in [9.17, 15) is 9.18 Å². The van der Waals surface area contributed by atoms with Crippen LogP contribution in [0.25, 0.3) is 11.3 Å². The highest BCUT2D eigenvalue weighted by molar-refractivity contribution is 7.08. The van der Waals surface area contributed by atoms with Crippen LogP contribution in [-0.4, -0.2) is 34.5 Å². The first-order chi connectivity index (χ1) is 13.6. The molecule has 1 aliphatic heterocycles. The molecule has 3 aromatic rings. The van der Waals surface area contributed by atoms with E-state index >= 15 is 0 Å². The molecular formula is C19H18FN5O2S. The maximum atomic E-state index is 14.3. The van der Waals surface area contributed by atoms with E-state index in [-0.39, 0.29) is 23.2 Å². The second-order valence-electron chi connectivity index (χ2n) is 6.34. The van der Waals surface area contributed by atoms with Crippen molar-refractivity contribution in [1.29, 1.82) is 0 Å². The van der Waals surface area contributed by atoms with Crippen molar-refractivity contribution in [2.24, 2.45) is 0 Å². The molecule has 0 spiro atoms. The Hall–Kier alpha value is -3.04. The lowest BCUT2D eigenvalue weighted by atomic mass is 10.1. The third-order valence-electron chi connectivity index (χ3n) is 4.34. The SMILES string of the molecule is Nc1cc(F)c(-c2ccccc2)nc1C(=O)Nc1cnsc1OC1CCNC1. The standard InChI is InChI=1S/C19H18FN5O2S/c20-13-8-14(21)17(25-16(13)11-4-2-1-3-5-11)18(26)24-15-10-23-28-19(15)27-12-6-7-22-9-12/h1-5,8,10,12,22H,6-7,9,21H2,(H,24,26). The van der Waals surface area contributed by atoms with Crippen LogP contribution in [0.1, 0.15) is 16.9 Å². The maximum absolute atomic E-state index is 14.3. The highest BCUT2D eigenvalue weighted by Gasteiger charge is 2.22. The van der Waals surface area contributed by atoms with Crippen molar-refractivity contribution in [2.75, 3.05) is 24.1 Å². The number of carbonyl (C=O) groups is 1. The summed E-state index contributed by atoms with van der Waals surface area (Å²) >= 11 is 1.15. The van der Waals surface area contributed by atoms with Crippen molar-refractivity contribution < 1.29 is 13.9 Å². The van der Waals surface area contributed by atoms with Crippen molar-refractivity contribution in [2.45, 2.75) is 12.5 Å². The van der Waals surface area contributed by atoms with Gasteiger partial charge in [-0.05, 0) is 13.0 Å². The third kappa shape index (κ3) is 3.80. The molecular weight excluding hydrogens is 381 g/mol. The summed E-state index contributed by atoms with van der Waals surface area (Å²) in [5, 5.41) is 6.45. The molecule has 144 valence electrons. The van der Waals surface area contributed by atoms with Crippen molar-refractivity contribution in [1.82, 2.24) is 14.7 Å². The molecule has 1 fully saturated rings. The van der Waals surface area contributed by atoms with Crippen LogP contribution in [0.4, 0.5) is 15.8 Å². The van der Waals surface area contributed by atoms with E-state index < -0.39 is 11.7 Å². The number of hydrogen-bond acceptors (Lipinski definition) is 7. The van der Waals surface area contributed by atoms with Gasteiger partial charge in [-0.15, -0.1) is 0 Å². The Kier molecular flexibility index (Phi) is 5.18. The number of pyridine rings is 1. The zero-order chi connectivity index (χ0) is 19.5. The quantitative estimate of drug-likeness (QED) is 0.610. The molecule has 0 saturated carbocycles. The fourth-order valence-corrected chi connectivity index (χ4v) is 3.58. The Balaban J connectivity index is 1.58. The number of nitrogens with one attached hydrogen (secondary N) is 2. The van der Waals surface area contributed by atoms with Gasteiger partial charge in [-0.2, -0.15) is 4.37 Å². The van der Waals surface area contributed by atoms with E-state index in [1.807, 2.05) is 6.07 Å². The number of rotatable bonds is 5. The van der Waals surface area contributed by atoms with Gasteiger partial charge < -0.3 is 21.1 Å². The van der Waals surface area contributed by atoms with E-state index in [4.69, 9.17) is 10.5 Å². The summed E-state index contributed by atoms with van der Waals surface area (Å²) in [4.78, 5) is 16.9. The lowest BCUT2D eigenvalue weighted by Gasteiger charge is -2.13. The minimum Gasteiger partial charge on any atom is -0.477 e. The predicted octanol–water partition coefficient (Wildman–Crippen LogP) is 2.92. The monoisotopic (exact) mass is 399 g/mol. The van der Waals surface area contributed by atoms with Crippen molar-refractivity contribution in [3.05, 3.63) is 54.1 Å². The Morgan fingerprint density at radius 3 is 2.93 bits per heavy atom.